The number of hydrogen-bond donors (Lipinski definition) is 0. The highest BCUT2D eigenvalue weighted by Gasteiger charge is 2.16. The lowest BCUT2D eigenvalue weighted by atomic mass is 9.98. The van der Waals surface area contributed by atoms with E-state index in [2.05, 4.69) is 15.9 Å². The molecule has 0 bridgehead atoms. The quantitative estimate of drug-likeness (QED) is 0.469. The monoisotopic (exact) mass is 366 g/mol. The molecule has 0 heterocycles. The number of benzene rings is 3. The molecule has 0 amide bonds. The molecule has 3 aromatic rings. The highest BCUT2D eigenvalue weighted by molar-refractivity contribution is 9.09. The highest BCUT2D eigenvalue weighted by Crippen LogP contribution is 2.37. The fraction of sp³-hybridized carbons (Fsp3) is 0.0588. The van der Waals surface area contributed by atoms with Gasteiger partial charge >= 0.3 is 0 Å². The normalized spacial score (nSPS) is 12.6. The third kappa shape index (κ3) is 2.68. The van der Waals surface area contributed by atoms with Crippen LogP contribution in [0.4, 0.5) is 8.78 Å². The van der Waals surface area contributed by atoms with E-state index < -0.39 is 11.6 Å². The molecule has 0 aliphatic rings. The van der Waals surface area contributed by atoms with E-state index in [0.717, 1.165) is 22.4 Å². The summed E-state index contributed by atoms with van der Waals surface area (Å²) in [5.74, 6) is -1.70. The van der Waals surface area contributed by atoms with Crippen molar-refractivity contribution in [3.8, 4) is 0 Å². The van der Waals surface area contributed by atoms with Gasteiger partial charge in [0, 0.05) is 10.4 Å². The van der Waals surface area contributed by atoms with Crippen LogP contribution in [0.3, 0.4) is 0 Å². The summed E-state index contributed by atoms with van der Waals surface area (Å²) in [6.07, 6.45) is 0. The van der Waals surface area contributed by atoms with E-state index in [4.69, 9.17) is 11.6 Å². The van der Waals surface area contributed by atoms with Gasteiger partial charge in [0.2, 0.25) is 0 Å². The molecule has 0 aliphatic carbocycles. The number of alkyl halides is 1. The second-order valence-electron chi connectivity index (χ2n) is 4.72. The maximum Gasteiger partial charge on any atom is 0.159 e. The fourth-order valence-electron chi connectivity index (χ4n) is 2.36. The summed E-state index contributed by atoms with van der Waals surface area (Å²) in [7, 11) is 0. The molecule has 106 valence electrons. The Balaban J connectivity index is 2.15. The van der Waals surface area contributed by atoms with Crippen molar-refractivity contribution in [2.75, 3.05) is 0 Å². The molecule has 0 N–H and O–H groups in total. The summed E-state index contributed by atoms with van der Waals surface area (Å²) in [4.78, 5) is -0.241. The van der Waals surface area contributed by atoms with Crippen molar-refractivity contribution in [1.82, 2.24) is 0 Å². The van der Waals surface area contributed by atoms with Crippen molar-refractivity contribution in [1.29, 1.82) is 0 Å². The van der Waals surface area contributed by atoms with Crippen LogP contribution < -0.4 is 0 Å². The lowest BCUT2D eigenvalue weighted by Gasteiger charge is -2.15. The predicted octanol–water partition coefficient (Wildman–Crippen LogP) is 6.26. The largest absolute Gasteiger partial charge is 0.204 e. The number of rotatable bonds is 2. The van der Waals surface area contributed by atoms with Gasteiger partial charge in [-0.1, -0.05) is 63.9 Å². The Bertz CT molecular complexity index is 817. The third-order valence-electron chi connectivity index (χ3n) is 3.41. The first-order chi connectivity index (χ1) is 10.1. The van der Waals surface area contributed by atoms with Crippen LogP contribution in [0.25, 0.3) is 10.8 Å². The lowest BCUT2D eigenvalue weighted by molar-refractivity contribution is 0.507. The van der Waals surface area contributed by atoms with Crippen LogP contribution in [0.2, 0.25) is 5.02 Å². The van der Waals surface area contributed by atoms with Crippen molar-refractivity contribution in [2.24, 2.45) is 0 Å². The van der Waals surface area contributed by atoms with Gasteiger partial charge in [-0.05, 0) is 34.7 Å². The summed E-state index contributed by atoms with van der Waals surface area (Å²) in [5.41, 5.74) is 1.61. The zero-order valence-corrected chi connectivity index (χ0v) is 13.1. The molecule has 3 aromatic carbocycles. The zero-order valence-electron chi connectivity index (χ0n) is 10.8. The Morgan fingerprint density at radius 2 is 1.57 bits per heavy atom. The average molecular weight is 368 g/mol. The molecule has 0 aliphatic heterocycles. The standard InChI is InChI=1S/C17H10BrClF2/c18-17(10-5-8-15(20)16(21)9-10)13-6-7-14(19)12-4-2-1-3-11(12)13/h1-9,17H. The molecule has 21 heavy (non-hydrogen) atoms. The lowest BCUT2D eigenvalue weighted by Crippen LogP contribution is -1.96. The summed E-state index contributed by atoms with van der Waals surface area (Å²) in [6, 6.07) is 15.4. The smallest absolute Gasteiger partial charge is 0.159 e. The van der Waals surface area contributed by atoms with Crippen LogP contribution in [-0.4, -0.2) is 0 Å². The number of halogens is 4. The third-order valence-corrected chi connectivity index (χ3v) is 4.77. The SMILES string of the molecule is Fc1ccc(C(Br)c2ccc(Cl)c3ccccc23)cc1F. The molecule has 0 radical (unpaired) electrons. The maximum atomic E-state index is 13.4. The first-order valence-electron chi connectivity index (χ1n) is 6.34. The van der Waals surface area contributed by atoms with Crippen molar-refractivity contribution in [3.05, 3.63) is 82.4 Å². The van der Waals surface area contributed by atoms with Crippen LogP contribution in [0.1, 0.15) is 16.0 Å². The molecule has 1 atom stereocenters. The number of hydrogen-bond acceptors (Lipinski definition) is 0. The minimum Gasteiger partial charge on any atom is -0.204 e. The molecule has 0 saturated carbocycles. The summed E-state index contributed by atoms with van der Waals surface area (Å²) in [6.45, 7) is 0. The van der Waals surface area contributed by atoms with E-state index in [1.807, 2.05) is 36.4 Å². The molecule has 4 heteroatoms. The molecule has 0 aromatic heterocycles. The van der Waals surface area contributed by atoms with Crippen LogP contribution in [-0.2, 0) is 0 Å². The van der Waals surface area contributed by atoms with Crippen molar-refractivity contribution in [2.45, 2.75) is 4.83 Å². The zero-order chi connectivity index (χ0) is 15.0. The summed E-state index contributed by atoms with van der Waals surface area (Å²) in [5, 5.41) is 2.58. The van der Waals surface area contributed by atoms with E-state index in [1.54, 1.807) is 6.07 Å². The molecular weight excluding hydrogens is 358 g/mol. The molecule has 0 fully saturated rings. The van der Waals surface area contributed by atoms with Gasteiger partial charge in [-0.2, -0.15) is 0 Å². The minimum atomic E-state index is -0.852. The Labute approximate surface area is 134 Å². The van der Waals surface area contributed by atoms with Gasteiger partial charge < -0.3 is 0 Å². The Morgan fingerprint density at radius 3 is 2.29 bits per heavy atom. The molecule has 3 rings (SSSR count). The van der Waals surface area contributed by atoms with Crippen LogP contribution in [0, 0.1) is 11.6 Å². The van der Waals surface area contributed by atoms with Crippen molar-refractivity contribution >= 4 is 38.3 Å². The van der Waals surface area contributed by atoms with E-state index in [1.165, 1.54) is 6.07 Å². The molecular formula is C17H10BrClF2. The second-order valence-corrected chi connectivity index (χ2v) is 6.04. The van der Waals surface area contributed by atoms with Crippen molar-refractivity contribution in [3.63, 3.8) is 0 Å². The Hall–Kier alpha value is -1.45. The van der Waals surface area contributed by atoms with Crippen LogP contribution >= 0.6 is 27.5 Å². The highest BCUT2D eigenvalue weighted by atomic mass is 79.9. The van der Waals surface area contributed by atoms with E-state index in [-0.39, 0.29) is 4.83 Å². The Morgan fingerprint density at radius 1 is 0.857 bits per heavy atom. The van der Waals surface area contributed by atoms with Gasteiger partial charge in [0.1, 0.15) is 0 Å². The van der Waals surface area contributed by atoms with Crippen LogP contribution in [0.15, 0.2) is 54.6 Å². The fourth-order valence-corrected chi connectivity index (χ4v) is 3.27. The topological polar surface area (TPSA) is 0 Å². The van der Waals surface area contributed by atoms with Gasteiger partial charge in [0.05, 0.1) is 4.83 Å². The Kier molecular flexibility index (Phi) is 3.96. The first kappa shape index (κ1) is 14.5. The molecule has 0 saturated heterocycles. The van der Waals surface area contributed by atoms with Gasteiger partial charge in [0.15, 0.2) is 11.6 Å². The van der Waals surface area contributed by atoms with E-state index in [0.29, 0.717) is 10.6 Å². The first-order valence-corrected chi connectivity index (χ1v) is 7.63. The van der Waals surface area contributed by atoms with Crippen molar-refractivity contribution < 1.29 is 8.78 Å². The average Bonchev–Trinajstić information content (AvgIpc) is 2.50. The maximum absolute atomic E-state index is 13.4. The predicted molar refractivity (Wildman–Crippen MR) is 86.1 cm³/mol. The number of fused-ring (bicyclic) bond motifs is 1. The van der Waals surface area contributed by atoms with E-state index in [9.17, 15) is 8.78 Å². The van der Waals surface area contributed by atoms with Crippen LogP contribution in [0.5, 0.6) is 0 Å². The van der Waals surface area contributed by atoms with Gasteiger partial charge in [0.25, 0.3) is 0 Å². The summed E-state index contributed by atoms with van der Waals surface area (Å²) >= 11 is 9.77. The molecule has 1 unspecified atom stereocenters. The molecule has 0 spiro atoms. The summed E-state index contributed by atoms with van der Waals surface area (Å²) < 4.78 is 26.5. The minimum absolute atomic E-state index is 0.241. The van der Waals surface area contributed by atoms with E-state index >= 15 is 0 Å². The van der Waals surface area contributed by atoms with Gasteiger partial charge in [-0.25, -0.2) is 8.78 Å². The van der Waals surface area contributed by atoms with Gasteiger partial charge in [-0.15, -0.1) is 0 Å². The molecule has 0 nitrogen and oxygen atoms in total. The second kappa shape index (κ2) is 5.74. The van der Waals surface area contributed by atoms with Gasteiger partial charge in [-0.3, -0.25) is 0 Å².